The van der Waals surface area contributed by atoms with E-state index in [4.69, 9.17) is 4.99 Å². The van der Waals surface area contributed by atoms with Gasteiger partial charge in [-0.25, -0.2) is 14.4 Å². The SMILES string of the molecule is O=C(NN1CCCCCC1)c1ccc2c(c1)N=C(c1ccccc1F)c1ccccc1S2. The van der Waals surface area contributed by atoms with Crippen molar-refractivity contribution in [2.45, 2.75) is 35.5 Å². The van der Waals surface area contributed by atoms with Gasteiger partial charge in [-0.2, -0.15) is 0 Å². The zero-order valence-electron chi connectivity index (χ0n) is 17.7. The van der Waals surface area contributed by atoms with Gasteiger partial charge in [0.2, 0.25) is 0 Å². The van der Waals surface area contributed by atoms with Crippen LogP contribution in [0.25, 0.3) is 0 Å². The molecule has 162 valence electrons. The van der Waals surface area contributed by atoms with Gasteiger partial charge in [0.25, 0.3) is 5.91 Å². The van der Waals surface area contributed by atoms with Gasteiger partial charge >= 0.3 is 0 Å². The molecule has 3 aromatic carbocycles. The molecule has 4 nitrogen and oxygen atoms in total. The van der Waals surface area contributed by atoms with E-state index in [0.29, 0.717) is 22.5 Å². The highest BCUT2D eigenvalue weighted by Gasteiger charge is 2.22. The maximum atomic E-state index is 14.7. The number of fused-ring (bicyclic) bond motifs is 2. The standard InChI is InChI=1S/C26H24FN3OS/c27-21-11-5-3-9-19(21)25-20-10-4-6-12-23(20)32-24-14-13-18(17-22(24)28-25)26(31)29-30-15-7-1-2-8-16-30/h3-6,9-14,17H,1-2,7-8,15-16H2,(H,29,31). The van der Waals surface area contributed by atoms with Gasteiger partial charge < -0.3 is 0 Å². The second-order valence-electron chi connectivity index (χ2n) is 8.06. The molecule has 3 aromatic rings. The van der Waals surface area contributed by atoms with Crippen molar-refractivity contribution < 1.29 is 9.18 Å². The van der Waals surface area contributed by atoms with E-state index in [1.165, 1.54) is 18.9 Å². The molecule has 2 aliphatic heterocycles. The lowest BCUT2D eigenvalue weighted by Crippen LogP contribution is -2.42. The van der Waals surface area contributed by atoms with Crippen LogP contribution in [0.3, 0.4) is 0 Å². The molecule has 0 spiro atoms. The summed E-state index contributed by atoms with van der Waals surface area (Å²) in [6.07, 6.45) is 4.60. The highest BCUT2D eigenvalue weighted by atomic mass is 32.2. The Kier molecular flexibility index (Phi) is 6.06. The van der Waals surface area contributed by atoms with Crippen LogP contribution in [-0.2, 0) is 0 Å². The Morgan fingerprint density at radius 1 is 0.875 bits per heavy atom. The number of carbonyl (C=O) groups excluding carboxylic acids is 1. The largest absolute Gasteiger partial charge is 0.285 e. The monoisotopic (exact) mass is 445 g/mol. The second kappa shape index (κ2) is 9.27. The molecule has 1 saturated heterocycles. The van der Waals surface area contributed by atoms with E-state index in [9.17, 15) is 9.18 Å². The fourth-order valence-electron chi connectivity index (χ4n) is 4.13. The molecule has 32 heavy (non-hydrogen) atoms. The third-order valence-corrected chi connectivity index (χ3v) is 6.95. The third-order valence-electron chi connectivity index (χ3n) is 5.81. The van der Waals surface area contributed by atoms with Crippen LogP contribution < -0.4 is 5.43 Å². The number of hydrogen-bond donors (Lipinski definition) is 1. The molecule has 1 N–H and O–H groups in total. The molecule has 5 rings (SSSR count). The first kappa shape index (κ1) is 20.9. The Balaban J connectivity index is 1.53. The quantitative estimate of drug-likeness (QED) is 0.422. The van der Waals surface area contributed by atoms with Gasteiger partial charge in [0, 0.05) is 39.6 Å². The first-order chi connectivity index (χ1) is 15.7. The van der Waals surface area contributed by atoms with Crippen molar-refractivity contribution in [3.05, 3.63) is 89.2 Å². The summed E-state index contributed by atoms with van der Waals surface area (Å²) in [5, 5.41) is 2.01. The van der Waals surface area contributed by atoms with Crippen LogP contribution in [-0.4, -0.2) is 29.7 Å². The minimum atomic E-state index is -0.315. The third kappa shape index (κ3) is 4.33. The lowest BCUT2D eigenvalue weighted by molar-refractivity contribution is 0.0794. The number of hydrogen-bond acceptors (Lipinski definition) is 4. The first-order valence-electron chi connectivity index (χ1n) is 11.0. The van der Waals surface area contributed by atoms with Crippen molar-refractivity contribution in [2.75, 3.05) is 13.1 Å². The van der Waals surface area contributed by atoms with Crippen molar-refractivity contribution in [2.24, 2.45) is 4.99 Å². The summed E-state index contributed by atoms with van der Waals surface area (Å²) in [5.41, 5.74) is 6.19. The molecular formula is C26H24FN3OS. The van der Waals surface area contributed by atoms with E-state index in [-0.39, 0.29) is 11.7 Å². The van der Waals surface area contributed by atoms with Crippen LogP contribution in [0, 0.1) is 5.82 Å². The van der Waals surface area contributed by atoms with E-state index in [2.05, 4.69) is 5.43 Å². The molecule has 0 atom stereocenters. The second-order valence-corrected chi connectivity index (χ2v) is 9.15. The molecule has 2 aliphatic rings. The number of nitrogens with zero attached hydrogens (tertiary/aromatic N) is 2. The van der Waals surface area contributed by atoms with Crippen LogP contribution in [0.5, 0.6) is 0 Å². The van der Waals surface area contributed by atoms with Gasteiger partial charge in [-0.1, -0.05) is 54.9 Å². The summed E-state index contributed by atoms with van der Waals surface area (Å²) in [7, 11) is 0. The molecule has 1 amide bonds. The fourth-order valence-corrected chi connectivity index (χ4v) is 5.14. The summed E-state index contributed by atoms with van der Waals surface area (Å²) in [6, 6.07) is 20.2. The topological polar surface area (TPSA) is 44.7 Å². The average Bonchev–Trinajstić information content (AvgIpc) is 3.16. The molecule has 0 radical (unpaired) electrons. The fraction of sp³-hybridized carbons (Fsp3) is 0.231. The Bertz CT molecular complexity index is 1190. The van der Waals surface area contributed by atoms with Gasteiger partial charge in [-0.05, 0) is 49.2 Å². The molecular weight excluding hydrogens is 421 g/mol. The summed E-state index contributed by atoms with van der Waals surface area (Å²) in [6.45, 7) is 1.74. The smallest absolute Gasteiger partial charge is 0.265 e. The molecule has 0 aliphatic carbocycles. The zero-order chi connectivity index (χ0) is 21.9. The van der Waals surface area contributed by atoms with Gasteiger partial charge in [0.15, 0.2) is 0 Å². The van der Waals surface area contributed by atoms with Gasteiger partial charge in [0.05, 0.1) is 11.4 Å². The Labute approximate surface area is 191 Å². The van der Waals surface area contributed by atoms with Crippen LogP contribution >= 0.6 is 11.8 Å². The number of aliphatic imine (C=N–C) groups is 1. The predicted molar refractivity (Wildman–Crippen MR) is 126 cm³/mol. The molecule has 6 heteroatoms. The van der Waals surface area contributed by atoms with Gasteiger partial charge in [-0.15, -0.1) is 0 Å². The predicted octanol–water partition coefficient (Wildman–Crippen LogP) is 5.98. The number of benzene rings is 3. The Morgan fingerprint density at radius 2 is 1.59 bits per heavy atom. The summed E-state index contributed by atoms with van der Waals surface area (Å²) in [4.78, 5) is 19.8. The van der Waals surface area contributed by atoms with E-state index in [1.54, 1.807) is 23.9 Å². The van der Waals surface area contributed by atoms with Crippen molar-refractivity contribution >= 4 is 29.1 Å². The molecule has 0 unspecified atom stereocenters. The lowest BCUT2D eigenvalue weighted by atomic mass is 10.0. The number of halogens is 1. The summed E-state index contributed by atoms with van der Waals surface area (Å²) < 4.78 is 14.7. The van der Waals surface area contributed by atoms with Crippen LogP contribution in [0.2, 0.25) is 0 Å². The van der Waals surface area contributed by atoms with E-state index in [1.807, 2.05) is 53.5 Å². The van der Waals surface area contributed by atoms with Crippen molar-refractivity contribution in [1.82, 2.24) is 10.4 Å². The zero-order valence-corrected chi connectivity index (χ0v) is 18.5. The average molecular weight is 446 g/mol. The van der Waals surface area contributed by atoms with E-state index < -0.39 is 0 Å². The minimum Gasteiger partial charge on any atom is -0.285 e. The van der Waals surface area contributed by atoms with E-state index in [0.717, 1.165) is 41.3 Å². The maximum absolute atomic E-state index is 14.7. The van der Waals surface area contributed by atoms with Crippen LogP contribution in [0.15, 0.2) is 81.5 Å². The molecule has 1 fully saturated rings. The van der Waals surface area contributed by atoms with Gasteiger partial charge in [-0.3, -0.25) is 10.2 Å². The van der Waals surface area contributed by atoms with Crippen molar-refractivity contribution in [1.29, 1.82) is 0 Å². The molecule has 0 bridgehead atoms. The molecule has 0 aromatic heterocycles. The number of hydrazine groups is 1. The number of amides is 1. The number of carbonyl (C=O) groups is 1. The Hall–Kier alpha value is -2.96. The van der Waals surface area contributed by atoms with Crippen LogP contribution in [0.1, 0.15) is 47.2 Å². The molecule has 0 saturated carbocycles. The number of nitrogens with one attached hydrogen (secondary N) is 1. The van der Waals surface area contributed by atoms with E-state index >= 15 is 0 Å². The Morgan fingerprint density at radius 3 is 2.38 bits per heavy atom. The molecule has 2 heterocycles. The first-order valence-corrected chi connectivity index (χ1v) is 11.8. The minimum absolute atomic E-state index is 0.135. The van der Waals surface area contributed by atoms with Crippen LogP contribution in [0.4, 0.5) is 10.1 Å². The number of rotatable bonds is 3. The maximum Gasteiger partial charge on any atom is 0.265 e. The van der Waals surface area contributed by atoms with Gasteiger partial charge in [0.1, 0.15) is 5.82 Å². The highest BCUT2D eigenvalue weighted by Crippen LogP contribution is 2.41. The normalized spacial score (nSPS) is 16.2. The highest BCUT2D eigenvalue weighted by molar-refractivity contribution is 7.99. The summed E-state index contributed by atoms with van der Waals surface area (Å²) in [5.74, 6) is -0.450. The summed E-state index contributed by atoms with van der Waals surface area (Å²) >= 11 is 1.59. The van der Waals surface area contributed by atoms with Crippen molar-refractivity contribution in [3.8, 4) is 0 Å². The lowest BCUT2D eigenvalue weighted by Gasteiger charge is -2.21. The van der Waals surface area contributed by atoms with Crippen molar-refractivity contribution in [3.63, 3.8) is 0 Å².